The van der Waals surface area contributed by atoms with Crippen molar-refractivity contribution in [1.82, 2.24) is 9.80 Å². The highest BCUT2D eigenvalue weighted by Crippen LogP contribution is 2.31. The summed E-state index contributed by atoms with van der Waals surface area (Å²) in [6, 6.07) is 5.15. The van der Waals surface area contributed by atoms with Gasteiger partial charge in [0.05, 0.1) is 25.7 Å². The Balaban J connectivity index is 2.14. The van der Waals surface area contributed by atoms with Gasteiger partial charge in [-0.2, -0.15) is 0 Å². The summed E-state index contributed by atoms with van der Waals surface area (Å²) in [5.74, 6) is 0.0356. The molecular formula is C18H27N3O6S. The molecular weight excluding hydrogens is 386 g/mol. The summed E-state index contributed by atoms with van der Waals surface area (Å²) in [6.07, 6.45) is 0.651. The van der Waals surface area contributed by atoms with Crippen molar-refractivity contribution in [2.45, 2.75) is 13.8 Å². The first-order valence-corrected chi connectivity index (χ1v) is 10.8. The Morgan fingerprint density at radius 3 is 2.29 bits per heavy atom. The molecule has 0 aliphatic carbocycles. The van der Waals surface area contributed by atoms with Gasteiger partial charge in [0, 0.05) is 26.2 Å². The maximum Gasteiger partial charge on any atom is 0.409 e. The average Bonchev–Trinajstić information content (AvgIpc) is 2.65. The van der Waals surface area contributed by atoms with Crippen LogP contribution in [0.3, 0.4) is 0 Å². The number of ether oxygens (including phenoxy) is 2. The first-order valence-electron chi connectivity index (χ1n) is 8.99. The Morgan fingerprint density at radius 1 is 1.14 bits per heavy atom. The molecule has 10 heteroatoms. The maximum absolute atomic E-state index is 12.8. The van der Waals surface area contributed by atoms with E-state index < -0.39 is 16.1 Å². The van der Waals surface area contributed by atoms with Crippen molar-refractivity contribution in [1.29, 1.82) is 0 Å². The molecule has 1 heterocycles. The van der Waals surface area contributed by atoms with Crippen molar-refractivity contribution < 1.29 is 27.5 Å². The molecule has 1 fully saturated rings. The van der Waals surface area contributed by atoms with Crippen LogP contribution >= 0.6 is 0 Å². The summed E-state index contributed by atoms with van der Waals surface area (Å²) in [5.41, 5.74) is 1.17. The first-order chi connectivity index (χ1) is 13.2. The normalized spacial score (nSPS) is 14.6. The van der Waals surface area contributed by atoms with Crippen LogP contribution in [0.1, 0.15) is 12.5 Å². The topological polar surface area (TPSA) is 96.5 Å². The zero-order valence-corrected chi connectivity index (χ0v) is 17.5. The Bertz CT molecular complexity index is 819. The van der Waals surface area contributed by atoms with Crippen LogP contribution in [0.4, 0.5) is 10.5 Å². The SMILES string of the molecule is CCOC(=O)N1CCN(C(=O)CN(c2cc(C)ccc2OC)S(C)(=O)=O)CC1. The van der Waals surface area contributed by atoms with E-state index in [0.29, 0.717) is 44.2 Å². The van der Waals surface area contributed by atoms with E-state index in [4.69, 9.17) is 9.47 Å². The molecule has 1 aromatic rings. The van der Waals surface area contributed by atoms with Crippen LogP contribution in [-0.4, -0.2) is 82.9 Å². The van der Waals surface area contributed by atoms with Crippen molar-refractivity contribution in [3.05, 3.63) is 23.8 Å². The van der Waals surface area contributed by atoms with Gasteiger partial charge in [0.25, 0.3) is 0 Å². The fourth-order valence-corrected chi connectivity index (χ4v) is 3.80. The number of carbonyl (C=O) groups excluding carboxylic acids is 2. The van der Waals surface area contributed by atoms with Crippen molar-refractivity contribution >= 4 is 27.7 Å². The van der Waals surface area contributed by atoms with Crippen molar-refractivity contribution in [2.75, 3.05) is 57.0 Å². The number of hydrogen-bond donors (Lipinski definition) is 0. The van der Waals surface area contributed by atoms with E-state index in [1.54, 1.807) is 30.0 Å². The number of nitrogens with zero attached hydrogens (tertiary/aromatic N) is 3. The number of aryl methyl sites for hydroxylation is 1. The van der Waals surface area contributed by atoms with Crippen molar-refractivity contribution in [2.24, 2.45) is 0 Å². The lowest BCUT2D eigenvalue weighted by Gasteiger charge is -2.35. The third-order valence-corrected chi connectivity index (χ3v) is 5.57. The van der Waals surface area contributed by atoms with Gasteiger partial charge in [-0.25, -0.2) is 13.2 Å². The molecule has 9 nitrogen and oxygen atoms in total. The molecule has 28 heavy (non-hydrogen) atoms. The molecule has 0 unspecified atom stereocenters. The summed E-state index contributed by atoms with van der Waals surface area (Å²) in [5, 5.41) is 0. The minimum Gasteiger partial charge on any atom is -0.495 e. The Morgan fingerprint density at radius 2 is 1.75 bits per heavy atom. The number of sulfonamides is 1. The zero-order valence-electron chi connectivity index (χ0n) is 16.7. The van der Waals surface area contributed by atoms with E-state index in [1.807, 2.05) is 6.92 Å². The van der Waals surface area contributed by atoms with Crippen molar-refractivity contribution in [3.63, 3.8) is 0 Å². The minimum absolute atomic E-state index is 0.291. The van der Waals surface area contributed by atoms with Crippen molar-refractivity contribution in [3.8, 4) is 5.75 Å². The molecule has 0 N–H and O–H groups in total. The van der Waals surface area contributed by atoms with Crippen LogP contribution in [0.5, 0.6) is 5.75 Å². The molecule has 2 amide bonds. The van der Waals surface area contributed by atoms with E-state index in [-0.39, 0.29) is 12.5 Å². The average molecular weight is 413 g/mol. The summed E-state index contributed by atoms with van der Waals surface area (Å²) in [6.45, 7) is 4.85. The molecule has 1 aromatic carbocycles. The molecule has 1 aliphatic rings. The largest absolute Gasteiger partial charge is 0.495 e. The molecule has 0 saturated carbocycles. The van der Waals surface area contributed by atoms with Gasteiger partial charge in [-0.3, -0.25) is 9.10 Å². The minimum atomic E-state index is -3.71. The first kappa shape index (κ1) is 21.8. The van der Waals surface area contributed by atoms with Crippen LogP contribution in [0.25, 0.3) is 0 Å². The van der Waals surface area contributed by atoms with E-state index in [1.165, 1.54) is 12.0 Å². The Kier molecular flexibility index (Phi) is 7.11. The van der Waals surface area contributed by atoms with Gasteiger partial charge in [-0.15, -0.1) is 0 Å². The number of methoxy groups -OCH3 is 1. The maximum atomic E-state index is 12.8. The molecule has 1 aliphatic heterocycles. The lowest BCUT2D eigenvalue weighted by Crippen LogP contribution is -2.53. The fraction of sp³-hybridized carbons (Fsp3) is 0.556. The molecule has 0 spiro atoms. The number of amides is 2. The molecule has 156 valence electrons. The van der Waals surface area contributed by atoms with Gasteiger partial charge in [-0.05, 0) is 31.5 Å². The molecule has 0 aromatic heterocycles. The number of piperazine rings is 1. The van der Waals surface area contributed by atoms with Crippen LogP contribution in [0.15, 0.2) is 18.2 Å². The van der Waals surface area contributed by atoms with E-state index in [0.717, 1.165) is 16.1 Å². The second-order valence-corrected chi connectivity index (χ2v) is 8.42. The van der Waals surface area contributed by atoms with E-state index in [9.17, 15) is 18.0 Å². The third kappa shape index (κ3) is 5.28. The van der Waals surface area contributed by atoms with Gasteiger partial charge >= 0.3 is 6.09 Å². The summed E-state index contributed by atoms with van der Waals surface area (Å²) in [4.78, 5) is 27.6. The van der Waals surface area contributed by atoms with Gasteiger partial charge < -0.3 is 19.3 Å². The molecule has 2 rings (SSSR count). The van der Waals surface area contributed by atoms with Crippen LogP contribution < -0.4 is 9.04 Å². The van der Waals surface area contributed by atoms with E-state index in [2.05, 4.69) is 0 Å². The zero-order chi connectivity index (χ0) is 20.9. The van der Waals surface area contributed by atoms with Crippen LogP contribution in [-0.2, 0) is 19.6 Å². The second-order valence-electron chi connectivity index (χ2n) is 6.51. The summed E-state index contributed by atoms with van der Waals surface area (Å²) < 4.78 is 36.0. The predicted octanol–water partition coefficient (Wildman–Crippen LogP) is 1.07. The highest BCUT2D eigenvalue weighted by Gasteiger charge is 2.29. The van der Waals surface area contributed by atoms with Gasteiger partial charge in [0.2, 0.25) is 15.9 Å². The van der Waals surface area contributed by atoms with Crippen LogP contribution in [0.2, 0.25) is 0 Å². The van der Waals surface area contributed by atoms with Gasteiger partial charge in [-0.1, -0.05) is 6.07 Å². The number of anilines is 1. The molecule has 0 bridgehead atoms. The van der Waals surface area contributed by atoms with Crippen LogP contribution in [0, 0.1) is 6.92 Å². The quantitative estimate of drug-likeness (QED) is 0.692. The highest BCUT2D eigenvalue weighted by molar-refractivity contribution is 7.92. The summed E-state index contributed by atoms with van der Waals surface area (Å²) >= 11 is 0. The number of hydrogen-bond acceptors (Lipinski definition) is 6. The predicted molar refractivity (Wildman–Crippen MR) is 105 cm³/mol. The molecule has 0 radical (unpaired) electrons. The molecule has 1 saturated heterocycles. The smallest absolute Gasteiger partial charge is 0.409 e. The van der Waals surface area contributed by atoms with Gasteiger partial charge in [0.15, 0.2) is 0 Å². The standard InChI is InChI=1S/C18H27N3O6S/c1-5-27-18(23)20-10-8-19(9-11-20)17(22)13-21(28(4,24)25)15-12-14(2)6-7-16(15)26-3/h6-7,12H,5,8-11,13H2,1-4H3. The number of rotatable bonds is 6. The Hall–Kier alpha value is -2.49. The van der Waals surface area contributed by atoms with Gasteiger partial charge in [0.1, 0.15) is 12.3 Å². The molecule has 0 atom stereocenters. The fourth-order valence-electron chi connectivity index (χ4n) is 2.95. The monoisotopic (exact) mass is 413 g/mol. The second kappa shape index (κ2) is 9.13. The number of carbonyl (C=O) groups is 2. The number of benzene rings is 1. The lowest BCUT2D eigenvalue weighted by molar-refractivity contribution is -0.131. The third-order valence-electron chi connectivity index (χ3n) is 4.44. The highest BCUT2D eigenvalue weighted by atomic mass is 32.2. The summed E-state index contributed by atoms with van der Waals surface area (Å²) in [7, 11) is -2.26. The van der Waals surface area contributed by atoms with E-state index >= 15 is 0 Å². The lowest BCUT2D eigenvalue weighted by atomic mass is 10.2. The Labute approximate surface area is 165 Å².